The lowest BCUT2D eigenvalue weighted by Crippen LogP contribution is -2.38. The summed E-state index contributed by atoms with van der Waals surface area (Å²) < 4.78 is 5.02. The van der Waals surface area contributed by atoms with Crippen LogP contribution in [-0.2, 0) is 4.74 Å². The summed E-state index contributed by atoms with van der Waals surface area (Å²) in [6.07, 6.45) is 1.21. The van der Waals surface area contributed by atoms with Gasteiger partial charge in [-0.15, -0.1) is 0 Å². The van der Waals surface area contributed by atoms with Crippen molar-refractivity contribution < 1.29 is 9.53 Å². The molecule has 0 aromatic heterocycles. The van der Waals surface area contributed by atoms with Gasteiger partial charge in [-0.1, -0.05) is 12.1 Å². The Balaban J connectivity index is 2.24. The van der Waals surface area contributed by atoms with E-state index in [1.807, 2.05) is 31.2 Å². The molecular weight excluding hydrogens is 190 g/mol. The molecule has 0 bridgehead atoms. The first-order valence-corrected chi connectivity index (χ1v) is 5.34. The SMILES string of the molecule is CCOC(=O)c1ccccc1N1CCC1. The smallest absolute Gasteiger partial charge is 0.340 e. The number of rotatable bonds is 3. The number of hydrogen-bond acceptors (Lipinski definition) is 3. The molecular formula is C12H15NO2. The molecule has 1 aromatic rings. The van der Waals surface area contributed by atoms with Crippen LogP contribution >= 0.6 is 0 Å². The largest absolute Gasteiger partial charge is 0.462 e. The average molecular weight is 205 g/mol. The van der Waals surface area contributed by atoms with Gasteiger partial charge in [0.05, 0.1) is 17.9 Å². The third-order valence-electron chi connectivity index (χ3n) is 2.60. The van der Waals surface area contributed by atoms with Crippen LogP contribution in [-0.4, -0.2) is 25.7 Å². The number of para-hydroxylation sites is 1. The molecule has 1 aliphatic heterocycles. The van der Waals surface area contributed by atoms with E-state index in [-0.39, 0.29) is 5.97 Å². The van der Waals surface area contributed by atoms with Crippen molar-refractivity contribution in [3.05, 3.63) is 29.8 Å². The van der Waals surface area contributed by atoms with Gasteiger partial charge in [-0.05, 0) is 25.5 Å². The highest BCUT2D eigenvalue weighted by molar-refractivity contribution is 5.96. The van der Waals surface area contributed by atoms with Crippen LogP contribution in [0.15, 0.2) is 24.3 Å². The van der Waals surface area contributed by atoms with Crippen molar-refractivity contribution in [2.45, 2.75) is 13.3 Å². The van der Waals surface area contributed by atoms with Crippen molar-refractivity contribution >= 4 is 11.7 Å². The lowest BCUT2D eigenvalue weighted by Gasteiger charge is -2.34. The Morgan fingerprint density at radius 1 is 1.40 bits per heavy atom. The first-order valence-electron chi connectivity index (χ1n) is 5.34. The van der Waals surface area contributed by atoms with E-state index >= 15 is 0 Å². The molecule has 1 fully saturated rings. The Kier molecular flexibility index (Phi) is 2.90. The second-order valence-corrected chi connectivity index (χ2v) is 3.58. The van der Waals surface area contributed by atoms with Gasteiger partial charge in [0.1, 0.15) is 0 Å². The molecule has 0 spiro atoms. The van der Waals surface area contributed by atoms with Gasteiger partial charge in [0, 0.05) is 13.1 Å². The van der Waals surface area contributed by atoms with Gasteiger partial charge in [-0.2, -0.15) is 0 Å². The molecule has 0 atom stereocenters. The number of benzene rings is 1. The van der Waals surface area contributed by atoms with Crippen LogP contribution in [0.4, 0.5) is 5.69 Å². The molecule has 0 N–H and O–H groups in total. The van der Waals surface area contributed by atoms with Crippen molar-refractivity contribution in [1.82, 2.24) is 0 Å². The highest BCUT2D eigenvalue weighted by Crippen LogP contribution is 2.25. The van der Waals surface area contributed by atoms with Crippen molar-refractivity contribution in [3.8, 4) is 0 Å². The number of hydrogen-bond donors (Lipinski definition) is 0. The molecule has 15 heavy (non-hydrogen) atoms. The monoisotopic (exact) mass is 205 g/mol. The van der Waals surface area contributed by atoms with E-state index in [0.29, 0.717) is 12.2 Å². The Morgan fingerprint density at radius 3 is 2.73 bits per heavy atom. The molecule has 0 radical (unpaired) electrons. The highest BCUT2D eigenvalue weighted by atomic mass is 16.5. The minimum atomic E-state index is -0.222. The van der Waals surface area contributed by atoms with Gasteiger partial charge >= 0.3 is 5.97 Å². The summed E-state index contributed by atoms with van der Waals surface area (Å²) in [6, 6.07) is 7.63. The maximum Gasteiger partial charge on any atom is 0.340 e. The lowest BCUT2D eigenvalue weighted by atomic mass is 10.1. The Labute approximate surface area is 89.7 Å². The third-order valence-corrected chi connectivity index (χ3v) is 2.60. The molecule has 1 saturated heterocycles. The zero-order valence-electron chi connectivity index (χ0n) is 8.90. The minimum Gasteiger partial charge on any atom is -0.462 e. The molecule has 3 heteroatoms. The van der Waals surface area contributed by atoms with E-state index in [2.05, 4.69) is 4.90 Å². The summed E-state index contributed by atoms with van der Waals surface area (Å²) in [5.74, 6) is -0.222. The Hall–Kier alpha value is -1.51. The standard InChI is InChI=1S/C12H15NO2/c1-2-15-12(14)10-6-3-4-7-11(10)13-8-5-9-13/h3-4,6-7H,2,5,8-9H2,1H3. The minimum absolute atomic E-state index is 0.222. The fourth-order valence-corrected chi connectivity index (χ4v) is 1.69. The molecule has 1 aromatic carbocycles. The average Bonchev–Trinajstić information content (AvgIpc) is 2.16. The van der Waals surface area contributed by atoms with Crippen LogP contribution in [0.2, 0.25) is 0 Å². The molecule has 0 saturated carbocycles. The van der Waals surface area contributed by atoms with Crippen molar-refractivity contribution in [1.29, 1.82) is 0 Å². The summed E-state index contributed by atoms with van der Waals surface area (Å²) in [7, 11) is 0. The van der Waals surface area contributed by atoms with Crippen molar-refractivity contribution in [2.75, 3.05) is 24.6 Å². The van der Waals surface area contributed by atoms with Crippen LogP contribution in [0.3, 0.4) is 0 Å². The van der Waals surface area contributed by atoms with E-state index in [0.717, 1.165) is 18.8 Å². The number of esters is 1. The second kappa shape index (κ2) is 4.34. The van der Waals surface area contributed by atoms with E-state index in [4.69, 9.17) is 4.74 Å². The van der Waals surface area contributed by atoms with Gasteiger partial charge in [0.25, 0.3) is 0 Å². The van der Waals surface area contributed by atoms with Crippen molar-refractivity contribution in [3.63, 3.8) is 0 Å². The molecule has 0 unspecified atom stereocenters. The normalized spacial score (nSPS) is 14.6. The molecule has 3 nitrogen and oxygen atoms in total. The van der Waals surface area contributed by atoms with Crippen LogP contribution in [0.25, 0.3) is 0 Å². The van der Waals surface area contributed by atoms with Crippen LogP contribution < -0.4 is 4.90 Å². The lowest BCUT2D eigenvalue weighted by molar-refractivity contribution is 0.0527. The first-order chi connectivity index (χ1) is 7.33. The van der Waals surface area contributed by atoms with Gasteiger partial charge < -0.3 is 9.64 Å². The summed E-state index contributed by atoms with van der Waals surface area (Å²) in [5, 5.41) is 0. The van der Waals surface area contributed by atoms with Crippen molar-refractivity contribution in [2.24, 2.45) is 0 Å². The summed E-state index contributed by atoms with van der Waals surface area (Å²) in [6.45, 7) is 4.32. The predicted molar refractivity (Wildman–Crippen MR) is 59.2 cm³/mol. The molecule has 1 aliphatic rings. The van der Waals surface area contributed by atoms with E-state index < -0.39 is 0 Å². The highest BCUT2D eigenvalue weighted by Gasteiger charge is 2.20. The van der Waals surface area contributed by atoms with E-state index in [1.165, 1.54) is 6.42 Å². The number of nitrogens with zero attached hydrogens (tertiary/aromatic N) is 1. The maximum absolute atomic E-state index is 11.7. The zero-order chi connectivity index (χ0) is 10.7. The third kappa shape index (κ3) is 1.96. The van der Waals surface area contributed by atoms with Gasteiger partial charge in [0.2, 0.25) is 0 Å². The fourth-order valence-electron chi connectivity index (χ4n) is 1.69. The molecule has 80 valence electrons. The van der Waals surface area contributed by atoms with E-state index in [1.54, 1.807) is 0 Å². The quantitative estimate of drug-likeness (QED) is 0.707. The summed E-state index contributed by atoms with van der Waals surface area (Å²) >= 11 is 0. The number of ether oxygens (including phenoxy) is 1. The Morgan fingerprint density at radius 2 is 2.13 bits per heavy atom. The summed E-state index contributed by atoms with van der Waals surface area (Å²) in [5.41, 5.74) is 1.68. The van der Waals surface area contributed by atoms with Crippen LogP contribution in [0.1, 0.15) is 23.7 Å². The van der Waals surface area contributed by atoms with Crippen LogP contribution in [0.5, 0.6) is 0 Å². The Bertz CT molecular complexity index is 358. The van der Waals surface area contributed by atoms with Gasteiger partial charge in [-0.25, -0.2) is 4.79 Å². The molecule has 0 amide bonds. The van der Waals surface area contributed by atoms with Gasteiger partial charge in [-0.3, -0.25) is 0 Å². The van der Waals surface area contributed by atoms with Crippen LogP contribution in [0, 0.1) is 0 Å². The topological polar surface area (TPSA) is 29.5 Å². The first kappa shape index (κ1) is 10.0. The summed E-state index contributed by atoms with van der Waals surface area (Å²) in [4.78, 5) is 13.9. The fraction of sp³-hybridized carbons (Fsp3) is 0.417. The second-order valence-electron chi connectivity index (χ2n) is 3.58. The predicted octanol–water partition coefficient (Wildman–Crippen LogP) is 2.07. The molecule has 2 rings (SSSR count). The molecule has 1 heterocycles. The number of carbonyl (C=O) groups is 1. The maximum atomic E-state index is 11.7. The number of anilines is 1. The molecule has 0 aliphatic carbocycles. The number of carbonyl (C=O) groups excluding carboxylic acids is 1. The zero-order valence-corrected chi connectivity index (χ0v) is 8.90. The van der Waals surface area contributed by atoms with Gasteiger partial charge in [0.15, 0.2) is 0 Å². The van der Waals surface area contributed by atoms with E-state index in [9.17, 15) is 4.79 Å².